The van der Waals surface area contributed by atoms with E-state index in [2.05, 4.69) is 0 Å². The Morgan fingerprint density at radius 2 is 1.49 bits per heavy atom. The maximum absolute atomic E-state index is 13.9. The quantitative estimate of drug-likeness (QED) is 0.0383. The molecule has 9 N–H and O–H groups in total. The minimum Gasteiger partial charge on any atom is -0.748 e. The van der Waals surface area contributed by atoms with Gasteiger partial charge in [-0.3, -0.25) is 4.79 Å². The molecule has 1 aromatic heterocycles. The SMILES string of the molecule is C[C@@H]1O[C@@H](OC[C@H]2O[C@@H](Oc3c(-c4ccc(O)c(O)c4)oc4cc(OCCCS(=O)(=O)[O-])cc(O)c4c3=O)[C@H](O)[C@@H](O)[C@@H]2O)[C@H](O)[C@H](O)[C@H]1O.[Na+]. The van der Waals surface area contributed by atoms with Crippen molar-refractivity contribution in [2.75, 3.05) is 19.0 Å². The molecule has 21 heteroatoms. The Morgan fingerprint density at radius 1 is 0.824 bits per heavy atom. The number of aliphatic hydroxyl groups is 6. The van der Waals surface area contributed by atoms with Gasteiger partial charge < -0.3 is 78.6 Å². The van der Waals surface area contributed by atoms with Gasteiger partial charge in [-0.25, -0.2) is 8.42 Å². The molecule has 0 aliphatic carbocycles. The van der Waals surface area contributed by atoms with Gasteiger partial charge in [-0.2, -0.15) is 0 Å². The van der Waals surface area contributed by atoms with Crippen LogP contribution in [-0.4, -0.2) is 139 Å². The van der Waals surface area contributed by atoms with Gasteiger partial charge in [-0.15, -0.1) is 0 Å². The number of hydrogen-bond acceptors (Lipinski definition) is 19. The normalized spacial score (nSPS) is 29.7. The smallest absolute Gasteiger partial charge is 0.748 e. The first-order chi connectivity index (χ1) is 23.5. The van der Waals surface area contributed by atoms with Gasteiger partial charge in [0.05, 0.1) is 29.4 Å². The van der Waals surface area contributed by atoms with E-state index in [4.69, 9.17) is 28.1 Å². The molecule has 3 heterocycles. The van der Waals surface area contributed by atoms with Crippen LogP contribution in [0.3, 0.4) is 0 Å². The average Bonchev–Trinajstić information content (AvgIpc) is 3.05. The molecular weight excluding hydrogens is 719 g/mol. The summed E-state index contributed by atoms with van der Waals surface area (Å²) in [5.41, 5.74) is -1.46. The van der Waals surface area contributed by atoms with Crippen LogP contribution in [0.1, 0.15) is 13.3 Å². The molecule has 2 aliphatic rings. The molecule has 0 saturated carbocycles. The summed E-state index contributed by atoms with van der Waals surface area (Å²) in [6.07, 6.45) is -16.7. The van der Waals surface area contributed by atoms with Gasteiger partial charge in [0.1, 0.15) is 65.2 Å². The first kappa shape index (κ1) is 41.0. The molecule has 0 unspecified atom stereocenters. The van der Waals surface area contributed by atoms with Gasteiger partial charge in [-0.1, -0.05) is 0 Å². The van der Waals surface area contributed by atoms with Crippen molar-refractivity contribution in [2.24, 2.45) is 0 Å². The van der Waals surface area contributed by atoms with Crippen molar-refractivity contribution >= 4 is 21.1 Å². The Kier molecular flexibility index (Phi) is 13.2. The molecule has 3 aromatic rings. The molecule has 2 fully saturated rings. The number of ether oxygens (including phenoxy) is 5. The van der Waals surface area contributed by atoms with Crippen molar-refractivity contribution in [3.05, 3.63) is 40.6 Å². The number of phenols is 3. The molecule has 5 rings (SSSR count). The number of aliphatic hydroxyl groups excluding tert-OH is 6. The Morgan fingerprint density at radius 3 is 2.16 bits per heavy atom. The molecule has 2 aromatic carbocycles. The van der Waals surface area contributed by atoms with Gasteiger partial charge in [0.15, 0.2) is 23.5 Å². The first-order valence-corrected chi connectivity index (χ1v) is 16.6. The fourth-order valence-electron chi connectivity index (χ4n) is 5.34. The van der Waals surface area contributed by atoms with Gasteiger partial charge in [0, 0.05) is 23.4 Å². The van der Waals surface area contributed by atoms with Crippen molar-refractivity contribution in [3.8, 4) is 40.1 Å². The van der Waals surface area contributed by atoms with Gasteiger partial charge in [-0.05, 0) is 31.5 Å². The van der Waals surface area contributed by atoms with Crippen LogP contribution >= 0.6 is 0 Å². The molecule has 19 nitrogen and oxygen atoms in total. The number of hydrogen-bond donors (Lipinski definition) is 9. The second-order valence-electron chi connectivity index (χ2n) is 11.7. The minimum absolute atomic E-state index is 0. The van der Waals surface area contributed by atoms with Crippen molar-refractivity contribution in [1.82, 2.24) is 0 Å². The van der Waals surface area contributed by atoms with Crippen molar-refractivity contribution in [2.45, 2.75) is 74.8 Å². The first-order valence-electron chi connectivity index (χ1n) is 15.1. The molecule has 10 atom stereocenters. The second kappa shape index (κ2) is 16.5. The maximum atomic E-state index is 13.9. The zero-order chi connectivity index (χ0) is 36.7. The Hall–Kier alpha value is -2.80. The Labute approximate surface area is 310 Å². The van der Waals surface area contributed by atoms with Gasteiger partial charge in [0.2, 0.25) is 17.5 Å². The molecule has 0 radical (unpaired) electrons. The van der Waals surface area contributed by atoms with Crippen molar-refractivity contribution < 1.29 is 117 Å². The Balaban J connectivity index is 0.00000583. The third kappa shape index (κ3) is 9.05. The topological polar surface area (TPSA) is 316 Å². The van der Waals surface area contributed by atoms with Crippen LogP contribution < -0.4 is 44.5 Å². The maximum Gasteiger partial charge on any atom is 1.00 e. The number of fused-ring (bicyclic) bond motifs is 1. The van der Waals surface area contributed by atoms with E-state index in [0.29, 0.717) is 0 Å². The molecule has 276 valence electrons. The summed E-state index contributed by atoms with van der Waals surface area (Å²) < 4.78 is 66.1. The summed E-state index contributed by atoms with van der Waals surface area (Å²) in [5, 5.41) is 92.6. The zero-order valence-electron chi connectivity index (χ0n) is 27.0. The number of rotatable bonds is 11. The molecule has 2 saturated heterocycles. The van der Waals surface area contributed by atoms with Gasteiger partial charge >= 0.3 is 29.6 Å². The predicted octanol–water partition coefficient (Wildman–Crippen LogP) is -5.07. The van der Waals surface area contributed by atoms with E-state index in [9.17, 15) is 63.7 Å². The molecule has 0 bridgehead atoms. The van der Waals surface area contributed by atoms with E-state index < -0.39 is 123 Å². The summed E-state index contributed by atoms with van der Waals surface area (Å²) in [7, 11) is -4.51. The van der Waals surface area contributed by atoms with E-state index >= 15 is 0 Å². The largest absolute Gasteiger partial charge is 1.00 e. The summed E-state index contributed by atoms with van der Waals surface area (Å²) in [6.45, 7) is 0.501. The van der Waals surface area contributed by atoms with Crippen LogP contribution in [0.2, 0.25) is 0 Å². The van der Waals surface area contributed by atoms with Gasteiger partial charge in [0.25, 0.3) is 0 Å². The third-order valence-electron chi connectivity index (χ3n) is 8.09. The summed E-state index contributed by atoms with van der Waals surface area (Å²) in [4.78, 5) is 13.9. The minimum atomic E-state index is -4.51. The fraction of sp³-hybridized carbons (Fsp3) is 0.500. The standard InChI is InChI=1S/C30H36O19S.Na/c1-11-20(34)23(37)25(39)29(46-11)45-10-18-21(35)24(38)26(40)30(48-18)49-28-22(36)19-16(33)8-13(44-5-2-6-50(41,42)43)9-17(19)47-27(28)12-3-4-14(31)15(32)7-12;/h3-4,7-9,11,18,20-21,23-26,29-35,37-40H,2,5-6,10H2,1H3,(H,41,42,43);/q;+1/p-1/t11-,18+,20-,21+,23+,24-,25+,26+,29+,30-;/m0./s1. The number of phenolic OH excluding ortho intramolecular Hbond substituents is 3. The Bertz CT molecular complexity index is 1850. The fourth-order valence-corrected chi connectivity index (χ4v) is 5.81. The van der Waals surface area contributed by atoms with Crippen LogP contribution in [0.5, 0.6) is 28.7 Å². The second-order valence-corrected chi connectivity index (χ2v) is 13.2. The van der Waals surface area contributed by atoms with Crippen LogP contribution in [0, 0.1) is 0 Å². The molecule has 2 aliphatic heterocycles. The number of aromatic hydroxyl groups is 3. The number of benzene rings is 2. The predicted molar refractivity (Wildman–Crippen MR) is 163 cm³/mol. The third-order valence-corrected chi connectivity index (χ3v) is 8.88. The summed E-state index contributed by atoms with van der Waals surface area (Å²) in [5.74, 6) is -3.88. The molecule has 51 heavy (non-hydrogen) atoms. The summed E-state index contributed by atoms with van der Waals surface area (Å²) >= 11 is 0. The molecule has 0 spiro atoms. The zero-order valence-corrected chi connectivity index (χ0v) is 29.8. The van der Waals surface area contributed by atoms with Crippen molar-refractivity contribution in [1.29, 1.82) is 0 Å². The van der Waals surface area contributed by atoms with Crippen molar-refractivity contribution in [3.63, 3.8) is 0 Å². The monoisotopic (exact) mass is 754 g/mol. The van der Waals surface area contributed by atoms with E-state index in [1.165, 1.54) is 13.0 Å². The van der Waals surface area contributed by atoms with E-state index in [1.54, 1.807) is 0 Å². The van der Waals surface area contributed by atoms with Crippen LogP contribution in [0.25, 0.3) is 22.3 Å². The molecule has 0 amide bonds. The van der Waals surface area contributed by atoms with E-state index in [-0.39, 0.29) is 59.5 Å². The molecular formula is C30H35NaO19S. The van der Waals surface area contributed by atoms with Crippen LogP contribution in [-0.2, 0) is 24.3 Å². The summed E-state index contributed by atoms with van der Waals surface area (Å²) in [6, 6.07) is 5.42. The van der Waals surface area contributed by atoms with E-state index in [0.717, 1.165) is 24.3 Å². The van der Waals surface area contributed by atoms with E-state index in [1.807, 2.05) is 0 Å². The average molecular weight is 755 g/mol. The van der Waals surface area contributed by atoms with Crippen LogP contribution in [0.15, 0.2) is 39.5 Å². The van der Waals surface area contributed by atoms with Crippen LogP contribution in [0.4, 0.5) is 0 Å².